The van der Waals surface area contributed by atoms with Crippen molar-refractivity contribution in [3.63, 3.8) is 0 Å². The highest BCUT2D eigenvalue weighted by atomic mass is 79.9. The van der Waals surface area contributed by atoms with Gasteiger partial charge in [-0.25, -0.2) is 4.98 Å². The zero-order valence-corrected chi connectivity index (χ0v) is 12.6. The van der Waals surface area contributed by atoms with Crippen LogP contribution in [-0.4, -0.2) is 10.9 Å². The molecule has 0 aliphatic heterocycles. The van der Waals surface area contributed by atoms with Gasteiger partial charge in [0, 0.05) is 15.5 Å². The largest absolute Gasteiger partial charge is 0.342 e. The van der Waals surface area contributed by atoms with E-state index in [0.717, 1.165) is 15.2 Å². The van der Waals surface area contributed by atoms with Crippen LogP contribution in [0.3, 0.4) is 0 Å². The predicted molar refractivity (Wildman–Crippen MR) is 74.8 cm³/mol. The Morgan fingerprint density at radius 2 is 2.29 bits per heavy atom. The van der Waals surface area contributed by atoms with Crippen LogP contribution in [-0.2, 0) is 0 Å². The molecule has 0 fully saturated rings. The maximum absolute atomic E-state index is 12.0. The lowest BCUT2D eigenvalue weighted by Crippen LogP contribution is -2.26. The van der Waals surface area contributed by atoms with Crippen molar-refractivity contribution in [3.05, 3.63) is 36.9 Å². The second kappa shape index (κ2) is 5.29. The van der Waals surface area contributed by atoms with Crippen molar-refractivity contribution in [2.45, 2.75) is 19.9 Å². The van der Waals surface area contributed by atoms with E-state index in [-0.39, 0.29) is 11.9 Å². The highest BCUT2D eigenvalue weighted by Gasteiger charge is 2.16. The molecule has 2 aromatic rings. The standard InChI is InChI=1S/C11H11BrN2OS2/c1-6-5-17-11(13-6)7(2)14-10(15)9-8(12)3-4-16-9/h3-5,7H,1-2H3,(H,14,15). The number of halogens is 1. The van der Waals surface area contributed by atoms with Gasteiger partial charge < -0.3 is 5.32 Å². The molecule has 0 aliphatic rings. The molecule has 0 spiro atoms. The van der Waals surface area contributed by atoms with Gasteiger partial charge in [0.1, 0.15) is 9.88 Å². The third-order valence-corrected chi connectivity index (χ3v) is 5.16. The summed E-state index contributed by atoms with van der Waals surface area (Å²) in [5.74, 6) is -0.0628. The number of carbonyl (C=O) groups is 1. The lowest BCUT2D eigenvalue weighted by atomic mass is 10.3. The van der Waals surface area contributed by atoms with Crippen LogP contribution in [0.4, 0.5) is 0 Å². The molecule has 0 radical (unpaired) electrons. The summed E-state index contributed by atoms with van der Waals surface area (Å²) in [6.45, 7) is 3.89. The van der Waals surface area contributed by atoms with Crippen molar-refractivity contribution in [1.82, 2.24) is 10.3 Å². The minimum Gasteiger partial charge on any atom is -0.342 e. The second-order valence-electron chi connectivity index (χ2n) is 3.62. The first kappa shape index (κ1) is 12.7. The van der Waals surface area contributed by atoms with Crippen LogP contribution in [0.2, 0.25) is 0 Å². The van der Waals surface area contributed by atoms with E-state index in [0.29, 0.717) is 4.88 Å². The van der Waals surface area contributed by atoms with Gasteiger partial charge in [-0.3, -0.25) is 4.79 Å². The highest BCUT2D eigenvalue weighted by Crippen LogP contribution is 2.24. The molecule has 2 rings (SSSR count). The predicted octanol–water partition coefficient (Wildman–Crippen LogP) is 3.77. The summed E-state index contributed by atoms with van der Waals surface area (Å²) in [4.78, 5) is 17.0. The third kappa shape index (κ3) is 2.94. The Morgan fingerprint density at radius 3 is 2.82 bits per heavy atom. The van der Waals surface area contributed by atoms with Gasteiger partial charge >= 0.3 is 0 Å². The Hall–Kier alpha value is -0.720. The first-order chi connectivity index (χ1) is 8.08. The molecular weight excluding hydrogens is 320 g/mol. The average Bonchev–Trinajstić information content (AvgIpc) is 2.86. The van der Waals surface area contributed by atoms with E-state index >= 15 is 0 Å². The van der Waals surface area contributed by atoms with Crippen molar-refractivity contribution >= 4 is 44.5 Å². The molecule has 1 N–H and O–H groups in total. The number of hydrogen-bond donors (Lipinski definition) is 1. The molecule has 2 aromatic heterocycles. The summed E-state index contributed by atoms with van der Waals surface area (Å²) in [5.41, 5.74) is 0.989. The molecule has 0 aromatic carbocycles. The van der Waals surface area contributed by atoms with Crippen molar-refractivity contribution in [2.24, 2.45) is 0 Å². The summed E-state index contributed by atoms with van der Waals surface area (Å²) in [7, 11) is 0. The Kier molecular flexibility index (Phi) is 3.96. The van der Waals surface area contributed by atoms with Crippen LogP contribution in [0, 0.1) is 6.92 Å². The Bertz CT molecular complexity index is 535. The number of thiophene rings is 1. The zero-order valence-electron chi connectivity index (χ0n) is 9.36. The van der Waals surface area contributed by atoms with Gasteiger partial charge in [-0.1, -0.05) is 0 Å². The van der Waals surface area contributed by atoms with Gasteiger partial charge in [-0.05, 0) is 41.2 Å². The van der Waals surface area contributed by atoms with E-state index in [4.69, 9.17) is 0 Å². The monoisotopic (exact) mass is 330 g/mol. The minimum absolute atomic E-state index is 0.0600. The SMILES string of the molecule is Cc1csc(C(C)NC(=O)c2sccc2Br)n1. The van der Waals surface area contributed by atoms with Crippen molar-refractivity contribution in [3.8, 4) is 0 Å². The molecule has 1 amide bonds. The number of nitrogens with one attached hydrogen (secondary N) is 1. The van der Waals surface area contributed by atoms with Crippen LogP contribution in [0.5, 0.6) is 0 Å². The summed E-state index contributed by atoms with van der Waals surface area (Å²) in [6, 6.07) is 1.81. The number of rotatable bonds is 3. The summed E-state index contributed by atoms with van der Waals surface area (Å²) in [5, 5.41) is 7.75. The third-order valence-electron chi connectivity index (χ3n) is 2.18. The fourth-order valence-corrected chi connectivity index (χ4v) is 3.61. The summed E-state index contributed by atoms with van der Waals surface area (Å²) in [6.07, 6.45) is 0. The first-order valence-electron chi connectivity index (χ1n) is 5.04. The Morgan fingerprint density at radius 1 is 1.53 bits per heavy atom. The number of amides is 1. The molecule has 2 heterocycles. The quantitative estimate of drug-likeness (QED) is 0.930. The van der Waals surface area contributed by atoms with E-state index in [1.807, 2.05) is 30.7 Å². The lowest BCUT2D eigenvalue weighted by Gasteiger charge is -2.10. The maximum Gasteiger partial charge on any atom is 0.263 e. The second-order valence-corrected chi connectivity index (χ2v) is 6.28. The fourth-order valence-electron chi connectivity index (χ4n) is 1.35. The number of aryl methyl sites for hydroxylation is 1. The molecule has 17 heavy (non-hydrogen) atoms. The molecule has 90 valence electrons. The van der Waals surface area contributed by atoms with Crippen LogP contribution < -0.4 is 5.32 Å². The number of carbonyl (C=O) groups excluding carboxylic acids is 1. The number of hydrogen-bond acceptors (Lipinski definition) is 4. The van der Waals surface area contributed by atoms with E-state index < -0.39 is 0 Å². The van der Waals surface area contributed by atoms with Crippen molar-refractivity contribution in [1.29, 1.82) is 0 Å². The first-order valence-corrected chi connectivity index (χ1v) is 7.59. The highest BCUT2D eigenvalue weighted by molar-refractivity contribution is 9.10. The van der Waals surface area contributed by atoms with Crippen LogP contribution in [0.25, 0.3) is 0 Å². The van der Waals surface area contributed by atoms with E-state index in [9.17, 15) is 4.79 Å². The molecule has 3 nitrogen and oxygen atoms in total. The number of thiazole rings is 1. The maximum atomic E-state index is 12.0. The fraction of sp³-hybridized carbons (Fsp3) is 0.273. The molecular formula is C11H11BrN2OS2. The molecule has 1 unspecified atom stereocenters. The van der Waals surface area contributed by atoms with Crippen molar-refractivity contribution in [2.75, 3.05) is 0 Å². The van der Waals surface area contributed by atoms with Crippen LogP contribution >= 0.6 is 38.6 Å². The van der Waals surface area contributed by atoms with Gasteiger partial charge in [0.05, 0.1) is 6.04 Å². The van der Waals surface area contributed by atoms with Crippen LogP contribution in [0.1, 0.15) is 33.3 Å². The zero-order chi connectivity index (χ0) is 12.4. The van der Waals surface area contributed by atoms with Gasteiger partial charge in [0.2, 0.25) is 0 Å². The van der Waals surface area contributed by atoms with Gasteiger partial charge in [0.15, 0.2) is 0 Å². The molecule has 0 aliphatic carbocycles. The van der Waals surface area contributed by atoms with Gasteiger partial charge in [0.25, 0.3) is 5.91 Å². The number of aromatic nitrogens is 1. The lowest BCUT2D eigenvalue weighted by molar-refractivity contribution is 0.0943. The van der Waals surface area contributed by atoms with Gasteiger partial charge in [-0.15, -0.1) is 22.7 Å². The van der Waals surface area contributed by atoms with E-state index in [1.54, 1.807) is 11.3 Å². The molecule has 6 heteroatoms. The molecule has 0 saturated heterocycles. The number of nitrogens with zero attached hydrogens (tertiary/aromatic N) is 1. The molecule has 0 bridgehead atoms. The normalized spacial score (nSPS) is 12.4. The van der Waals surface area contributed by atoms with E-state index in [1.165, 1.54) is 11.3 Å². The van der Waals surface area contributed by atoms with E-state index in [2.05, 4.69) is 26.2 Å². The van der Waals surface area contributed by atoms with Crippen LogP contribution in [0.15, 0.2) is 21.3 Å². The Balaban J connectivity index is 2.07. The average molecular weight is 331 g/mol. The summed E-state index contributed by atoms with van der Waals surface area (Å²) >= 11 is 6.34. The smallest absolute Gasteiger partial charge is 0.263 e. The topological polar surface area (TPSA) is 42.0 Å². The van der Waals surface area contributed by atoms with Gasteiger partial charge in [-0.2, -0.15) is 0 Å². The Labute approximate surface area is 116 Å². The minimum atomic E-state index is -0.0628. The molecule has 0 saturated carbocycles. The van der Waals surface area contributed by atoms with Crippen molar-refractivity contribution < 1.29 is 4.79 Å². The molecule has 1 atom stereocenters. The summed E-state index contributed by atoms with van der Waals surface area (Å²) < 4.78 is 0.836.